The van der Waals surface area contributed by atoms with Gasteiger partial charge in [0.1, 0.15) is 11.8 Å². The molecule has 5 aromatic rings. The smallest absolute Gasteiger partial charge is 0.116 e. The highest BCUT2D eigenvalue weighted by Gasteiger charge is 2.17. The molecule has 0 unspecified atom stereocenters. The number of nitrogens with zero attached hydrogens (tertiary/aromatic N) is 3. The van der Waals surface area contributed by atoms with Crippen LogP contribution in [0, 0.1) is 0 Å². The minimum atomic E-state index is 0.522. The van der Waals surface area contributed by atoms with Crippen molar-refractivity contribution >= 4 is 32.7 Å². The van der Waals surface area contributed by atoms with Crippen molar-refractivity contribution < 1.29 is 0 Å². The van der Waals surface area contributed by atoms with Crippen molar-refractivity contribution in [2.75, 3.05) is 0 Å². The summed E-state index contributed by atoms with van der Waals surface area (Å²) in [5, 5.41) is 3.67. The first-order chi connectivity index (χ1) is 13.1. The first-order valence-electron chi connectivity index (χ1n) is 9.36. The number of benzene rings is 3. The molecule has 0 atom stereocenters. The molecule has 0 N–H and O–H groups in total. The van der Waals surface area contributed by atoms with Crippen molar-refractivity contribution in [3.8, 4) is 11.3 Å². The molecule has 3 heteroatoms. The number of fused-ring (bicyclic) bond motifs is 5. The van der Waals surface area contributed by atoms with Crippen LogP contribution >= 0.6 is 0 Å². The van der Waals surface area contributed by atoms with Crippen molar-refractivity contribution in [3.05, 3.63) is 72.6 Å². The summed E-state index contributed by atoms with van der Waals surface area (Å²) in [7, 11) is 2.11. The molecular weight excluding hydrogens is 330 g/mol. The highest BCUT2D eigenvalue weighted by atomic mass is 15.0. The molecule has 2 heterocycles. The average molecular weight is 351 g/mol. The second kappa shape index (κ2) is 5.92. The molecule has 132 valence electrons. The summed E-state index contributed by atoms with van der Waals surface area (Å²) >= 11 is 0. The van der Waals surface area contributed by atoms with Gasteiger partial charge in [-0.25, -0.2) is 9.97 Å². The van der Waals surface area contributed by atoms with Crippen LogP contribution in [0.25, 0.3) is 44.0 Å². The third-order valence-corrected chi connectivity index (χ3v) is 5.51. The maximum Gasteiger partial charge on any atom is 0.116 e. The molecule has 5 rings (SSSR count). The molecular formula is C24H21N3. The van der Waals surface area contributed by atoms with E-state index in [4.69, 9.17) is 0 Å². The van der Waals surface area contributed by atoms with E-state index in [1.807, 2.05) is 0 Å². The molecule has 0 saturated heterocycles. The summed E-state index contributed by atoms with van der Waals surface area (Å²) in [6.07, 6.45) is 1.69. The third kappa shape index (κ3) is 2.35. The molecule has 0 fully saturated rings. The molecule has 0 saturated carbocycles. The van der Waals surface area contributed by atoms with Gasteiger partial charge in [-0.3, -0.25) is 0 Å². The van der Waals surface area contributed by atoms with Crippen molar-refractivity contribution in [3.63, 3.8) is 0 Å². The maximum atomic E-state index is 4.68. The lowest BCUT2D eigenvalue weighted by molar-refractivity contribution is 0.867. The Morgan fingerprint density at radius 1 is 0.852 bits per heavy atom. The molecule has 3 aromatic carbocycles. The van der Waals surface area contributed by atoms with E-state index in [1.54, 1.807) is 6.33 Å². The van der Waals surface area contributed by atoms with Gasteiger partial charge >= 0.3 is 0 Å². The molecule has 0 aliphatic carbocycles. The summed E-state index contributed by atoms with van der Waals surface area (Å²) in [5.74, 6) is 0.522. The zero-order valence-corrected chi connectivity index (χ0v) is 15.8. The van der Waals surface area contributed by atoms with Crippen LogP contribution in [0.15, 0.2) is 67.0 Å². The molecule has 0 radical (unpaired) electrons. The highest BCUT2D eigenvalue weighted by molar-refractivity contribution is 6.20. The first kappa shape index (κ1) is 16.0. The highest BCUT2D eigenvalue weighted by Crippen LogP contribution is 2.36. The minimum Gasteiger partial charge on any atom is -0.340 e. The molecule has 2 aromatic heterocycles. The Morgan fingerprint density at radius 3 is 2.41 bits per heavy atom. The van der Waals surface area contributed by atoms with Gasteiger partial charge in [-0.05, 0) is 28.3 Å². The molecule has 0 aliphatic heterocycles. The Bertz CT molecular complexity index is 1290. The first-order valence-corrected chi connectivity index (χ1v) is 9.36. The van der Waals surface area contributed by atoms with Gasteiger partial charge in [0.2, 0.25) is 0 Å². The third-order valence-electron chi connectivity index (χ3n) is 5.51. The van der Waals surface area contributed by atoms with Crippen molar-refractivity contribution in [1.82, 2.24) is 14.5 Å². The maximum absolute atomic E-state index is 4.68. The van der Waals surface area contributed by atoms with Crippen LogP contribution in [0.5, 0.6) is 0 Å². The Morgan fingerprint density at radius 2 is 1.63 bits per heavy atom. The Balaban J connectivity index is 1.86. The van der Waals surface area contributed by atoms with E-state index in [-0.39, 0.29) is 0 Å². The predicted octanol–water partition coefficient (Wildman–Crippen LogP) is 6.07. The fraction of sp³-hybridized carbons (Fsp3) is 0.167. The van der Waals surface area contributed by atoms with Crippen LogP contribution in [-0.2, 0) is 7.05 Å². The second-order valence-electron chi connectivity index (χ2n) is 7.44. The fourth-order valence-electron chi connectivity index (χ4n) is 4.03. The topological polar surface area (TPSA) is 30.7 Å². The van der Waals surface area contributed by atoms with Crippen LogP contribution in [0.3, 0.4) is 0 Å². The van der Waals surface area contributed by atoms with Gasteiger partial charge in [-0.1, -0.05) is 68.4 Å². The Hall–Kier alpha value is -3.20. The summed E-state index contributed by atoms with van der Waals surface area (Å²) in [4.78, 5) is 9.34. The lowest BCUT2D eigenvalue weighted by Crippen LogP contribution is -1.94. The lowest BCUT2D eigenvalue weighted by Gasteiger charge is -2.08. The van der Waals surface area contributed by atoms with Gasteiger partial charge < -0.3 is 4.57 Å². The number of aromatic nitrogens is 3. The molecule has 27 heavy (non-hydrogen) atoms. The Kier molecular flexibility index (Phi) is 3.51. The van der Waals surface area contributed by atoms with E-state index >= 15 is 0 Å². The van der Waals surface area contributed by atoms with Gasteiger partial charge in [0.15, 0.2) is 0 Å². The van der Waals surface area contributed by atoms with E-state index in [1.165, 1.54) is 27.2 Å². The lowest BCUT2D eigenvalue weighted by atomic mass is 10.0. The van der Waals surface area contributed by atoms with Crippen molar-refractivity contribution in [2.24, 2.45) is 7.05 Å². The largest absolute Gasteiger partial charge is 0.340 e. The van der Waals surface area contributed by atoms with E-state index in [0.29, 0.717) is 5.92 Å². The van der Waals surface area contributed by atoms with E-state index < -0.39 is 0 Å². The molecule has 0 spiro atoms. The van der Waals surface area contributed by atoms with E-state index in [9.17, 15) is 0 Å². The zero-order chi connectivity index (χ0) is 18.5. The van der Waals surface area contributed by atoms with Crippen LogP contribution in [0.4, 0.5) is 0 Å². The molecule has 0 amide bonds. The quantitative estimate of drug-likeness (QED) is 0.387. The molecule has 3 nitrogen and oxygen atoms in total. The number of aryl methyl sites for hydroxylation is 1. The summed E-state index contributed by atoms with van der Waals surface area (Å²) in [6.45, 7) is 4.43. The van der Waals surface area contributed by atoms with Crippen molar-refractivity contribution in [1.29, 1.82) is 0 Å². The number of rotatable bonds is 2. The zero-order valence-electron chi connectivity index (χ0n) is 15.8. The molecule has 0 aliphatic rings. The average Bonchev–Trinajstić information content (AvgIpc) is 3.01. The monoisotopic (exact) mass is 351 g/mol. The van der Waals surface area contributed by atoms with Crippen LogP contribution in [-0.4, -0.2) is 14.5 Å². The Labute approximate surface area is 158 Å². The van der Waals surface area contributed by atoms with E-state index in [0.717, 1.165) is 22.3 Å². The standard InChI is InChI=1S/C24H21N3/c1-15(2)16-8-10-18(11-9-16)22-24-23(26-14-25-22)21-19-7-5-4-6-17(19)12-13-20(21)27(24)3/h4-15H,1-3H3. The van der Waals surface area contributed by atoms with Gasteiger partial charge in [0.05, 0.1) is 16.7 Å². The summed E-state index contributed by atoms with van der Waals surface area (Å²) < 4.78 is 2.22. The minimum absolute atomic E-state index is 0.522. The van der Waals surface area contributed by atoms with Gasteiger partial charge in [0, 0.05) is 18.0 Å². The van der Waals surface area contributed by atoms with E-state index in [2.05, 4.69) is 96.1 Å². The van der Waals surface area contributed by atoms with Gasteiger partial charge in [-0.2, -0.15) is 0 Å². The summed E-state index contributed by atoms with van der Waals surface area (Å²) in [6, 6.07) is 21.6. The number of hydrogen-bond donors (Lipinski definition) is 0. The van der Waals surface area contributed by atoms with Gasteiger partial charge in [0.25, 0.3) is 0 Å². The van der Waals surface area contributed by atoms with Gasteiger partial charge in [-0.15, -0.1) is 0 Å². The number of hydrogen-bond acceptors (Lipinski definition) is 2. The molecule has 0 bridgehead atoms. The fourth-order valence-corrected chi connectivity index (χ4v) is 4.03. The van der Waals surface area contributed by atoms with Crippen LogP contribution in [0.1, 0.15) is 25.3 Å². The SMILES string of the molecule is CC(C)c1ccc(-c2ncnc3c4c5ccccc5ccc4n(C)c23)cc1. The second-order valence-corrected chi connectivity index (χ2v) is 7.44. The normalized spacial score (nSPS) is 11.9. The van der Waals surface area contributed by atoms with Crippen LogP contribution < -0.4 is 0 Å². The van der Waals surface area contributed by atoms with Crippen LogP contribution in [0.2, 0.25) is 0 Å². The van der Waals surface area contributed by atoms with Crippen molar-refractivity contribution in [2.45, 2.75) is 19.8 Å². The summed E-state index contributed by atoms with van der Waals surface area (Å²) in [5.41, 5.74) is 6.74. The predicted molar refractivity (Wildman–Crippen MR) is 113 cm³/mol.